The van der Waals surface area contributed by atoms with Crippen LogP contribution in [0.3, 0.4) is 0 Å². The molecule has 1 heterocycles. The van der Waals surface area contributed by atoms with E-state index in [-0.39, 0.29) is 11.3 Å². The molecule has 0 radical (unpaired) electrons. The number of carbonyl (C=O) groups excluding carboxylic acids is 1. The number of hydrogen-bond acceptors (Lipinski definition) is 2. The average Bonchev–Trinajstić information content (AvgIpc) is 2.86. The van der Waals surface area contributed by atoms with E-state index in [1.54, 1.807) is 24.5 Å². The topological polar surface area (TPSA) is 42.0 Å². The second kappa shape index (κ2) is 5.50. The first-order valence-electron chi connectivity index (χ1n) is 6.00. The molecular weight excluding hydrogens is 236 g/mol. The van der Waals surface area contributed by atoms with Gasteiger partial charge in [0, 0.05) is 30.2 Å². The van der Waals surface area contributed by atoms with Gasteiger partial charge in [-0.3, -0.25) is 9.78 Å². The zero-order valence-corrected chi connectivity index (χ0v) is 10.5. The summed E-state index contributed by atoms with van der Waals surface area (Å²) in [5.41, 5.74) is 0.717. The maximum absolute atomic E-state index is 11.9. The number of pyridine rings is 1. The smallest absolute Gasteiger partial charge is 0.252 e. The van der Waals surface area contributed by atoms with E-state index in [2.05, 4.69) is 10.3 Å². The van der Waals surface area contributed by atoms with E-state index in [0.717, 1.165) is 12.8 Å². The molecule has 3 nitrogen and oxygen atoms in total. The van der Waals surface area contributed by atoms with Gasteiger partial charge in [-0.1, -0.05) is 12.8 Å². The molecule has 0 aromatic carbocycles. The third-order valence-corrected chi connectivity index (χ3v) is 4.06. The van der Waals surface area contributed by atoms with Crippen molar-refractivity contribution in [1.29, 1.82) is 0 Å². The van der Waals surface area contributed by atoms with Gasteiger partial charge in [-0.2, -0.15) is 0 Å². The number of carbonyl (C=O) groups is 1. The number of halogens is 1. The van der Waals surface area contributed by atoms with Gasteiger partial charge in [-0.15, -0.1) is 11.6 Å². The Balaban J connectivity index is 1.92. The average molecular weight is 253 g/mol. The highest BCUT2D eigenvalue weighted by Crippen LogP contribution is 2.38. The Morgan fingerprint density at radius 3 is 2.82 bits per heavy atom. The van der Waals surface area contributed by atoms with Crippen molar-refractivity contribution in [2.45, 2.75) is 25.7 Å². The van der Waals surface area contributed by atoms with Crippen molar-refractivity contribution < 1.29 is 4.79 Å². The van der Waals surface area contributed by atoms with Gasteiger partial charge in [0.1, 0.15) is 0 Å². The van der Waals surface area contributed by atoms with Crippen LogP contribution in [0.15, 0.2) is 24.5 Å². The summed E-state index contributed by atoms with van der Waals surface area (Å²) in [5.74, 6) is 0.565. The number of nitrogens with zero attached hydrogens (tertiary/aromatic N) is 1. The van der Waals surface area contributed by atoms with E-state index < -0.39 is 0 Å². The van der Waals surface area contributed by atoms with Gasteiger partial charge in [0.25, 0.3) is 5.91 Å². The first kappa shape index (κ1) is 12.4. The lowest BCUT2D eigenvalue weighted by atomic mass is 9.88. The summed E-state index contributed by atoms with van der Waals surface area (Å²) in [4.78, 5) is 15.8. The molecule has 0 aliphatic heterocycles. The minimum atomic E-state index is -0.0607. The number of alkyl halides is 1. The van der Waals surface area contributed by atoms with Crippen LogP contribution in [0.4, 0.5) is 0 Å². The van der Waals surface area contributed by atoms with Gasteiger partial charge in [0.15, 0.2) is 0 Å². The summed E-state index contributed by atoms with van der Waals surface area (Å²) in [6.45, 7) is 0.671. The Kier molecular flexibility index (Phi) is 4.00. The van der Waals surface area contributed by atoms with Crippen molar-refractivity contribution in [3.8, 4) is 0 Å². The number of hydrogen-bond donors (Lipinski definition) is 1. The molecule has 1 aromatic heterocycles. The molecule has 2 rings (SSSR count). The minimum Gasteiger partial charge on any atom is -0.351 e. The third kappa shape index (κ3) is 2.97. The second-order valence-corrected chi connectivity index (χ2v) is 5.03. The van der Waals surface area contributed by atoms with Gasteiger partial charge in [-0.05, 0) is 25.0 Å². The second-order valence-electron chi connectivity index (χ2n) is 4.77. The standard InChI is InChI=1S/C13H17ClN2O/c14-9-13(5-1-2-6-13)10-16-12(17)11-4-3-7-15-8-11/h3-4,7-8H,1-2,5-6,9-10H2,(H,16,17). The normalized spacial score (nSPS) is 17.9. The van der Waals surface area contributed by atoms with Gasteiger partial charge in [0.05, 0.1) is 5.56 Å². The largest absolute Gasteiger partial charge is 0.351 e. The van der Waals surface area contributed by atoms with Crippen molar-refractivity contribution in [2.75, 3.05) is 12.4 Å². The molecule has 0 bridgehead atoms. The molecule has 0 saturated heterocycles. The van der Waals surface area contributed by atoms with E-state index in [1.165, 1.54) is 12.8 Å². The van der Waals surface area contributed by atoms with Crippen LogP contribution in [-0.4, -0.2) is 23.3 Å². The van der Waals surface area contributed by atoms with E-state index in [4.69, 9.17) is 11.6 Å². The molecule has 1 aliphatic rings. The van der Waals surface area contributed by atoms with Crippen molar-refractivity contribution in [2.24, 2.45) is 5.41 Å². The monoisotopic (exact) mass is 252 g/mol. The number of aromatic nitrogens is 1. The molecule has 1 saturated carbocycles. The summed E-state index contributed by atoms with van der Waals surface area (Å²) in [6, 6.07) is 3.53. The summed E-state index contributed by atoms with van der Waals surface area (Å²) in [6.07, 6.45) is 7.91. The highest BCUT2D eigenvalue weighted by Gasteiger charge is 2.33. The zero-order chi connectivity index (χ0) is 12.1. The quantitative estimate of drug-likeness (QED) is 0.837. The highest BCUT2D eigenvalue weighted by atomic mass is 35.5. The summed E-state index contributed by atoms with van der Waals surface area (Å²) >= 11 is 6.03. The molecule has 0 spiro atoms. The lowest BCUT2D eigenvalue weighted by molar-refractivity contribution is 0.0934. The fraction of sp³-hybridized carbons (Fsp3) is 0.538. The van der Waals surface area contributed by atoms with Crippen LogP contribution < -0.4 is 5.32 Å². The van der Waals surface area contributed by atoms with Gasteiger partial charge in [-0.25, -0.2) is 0 Å². The Morgan fingerprint density at radius 1 is 1.47 bits per heavy atom. The summed E-state index contributed by atoms with van der Waals surface area (Å²) in [5, 5.41) is 2.97. The molecule has 0 unspecified atom stereocenters. The zero-order valence-electron chi connectivity index (χ0n) is 9.79. The van der Waals surface area contributed by atoms with Gasteiger partial charge < -0.3 is 5.32 Å². The molecule has 1 fully saturated rings. The molecule has 1 N–H and O–H groups in total. The van der Waals surface area contributed by atoms with Gasteiger partial charge >= 0.3 is 0 Å². The summed E-state index contributed by atoms with van der Waals surface area (Å²) < 4.78 is 0. The van der Waals surface area contributed by atoms with Crippen LogP contribution in [0.1, 0.15) is 36.0 Å². The molecule has 4 heteroatoms. The van der Waals surface area contributed by atoms with Crippen LogP contribution in [-0.2, 0) is 0 Å². The fourth-order valence-corrected chi connectivity index (χ4v) is 2.71. The van der Waals surface area contributed by atoms with Crippen molar-refractivity contribution >= 4 is 17.5 Å². The Labute approximate surface area is 107 Å². The van der Waals surface area contributed by atoms with E-state index in [0.29, 0.717) is 18.0 Å². The van der Waals surface area contributed by atoms with Crippen LogP contribution in [0, 0.1) is 5.41 Å². The molecule has 1 aliphatic carbocycles. The Morgan fingerprint density at radius 2 is 2.24 bits per heavy atom. The predicted molar refractivity (Wildman–Crippen MR) is 68.2 cm³/mol. The lowest BCUT2D eigenvalue weighted by Gasteiger charge is -2.26. The molecular formula is C13H17ClN2O. The number of amides is 1. The lowest BCUT2D eigenvalue weighted by Crippen LogP contribution is -2.37. The summed E-state index contributed by atoms with van der Waals surface area (Å²) in [7, 11) is 0. The van der Waals surface area contributed by atoms with Crippen LogP contribution >= 0.6 is 11.6 Å². The first-order chi connectivity index (χ1) is 8.26. The minimum absolute atomic E-state index is 0.0607. The number of nitrogens with one attached hydrogen (secondary N) is 1. The molecule has 1 aromatic rings. The van der Waals surface area contributed by atoms with Crippen molar-refractivity contribution in [3.05, 3.63) is 30.1 Å². The van der Waals surface area contributed by atoms with Crippen LogP contribution in [0.2, 0.25) is 0 Å². The Bertz CT molecular complexity index is 374. The van der Waals surface area contributed by atoms with E-state index in [9.17, 15) is 4.79 Å². The SMILES string of the molecule is O=C(NCC1(CCl)CCCC1)c1cccnc1. The third-order valence-electron chi connectivity index (χ3n) is 3.50. The maximum Gasteiger partial charge on any atom is 0.252 e. The maximum atomic E-state index is 11.9. The fourth-order valence-electron chi connectivity index (χ4n) is 2.35. The first-order valence-corrected chi connectivity index (χ1v) is 6.53. The van der Waals surface area contributed by atoms with Crippen molar-refractivity contribution in [1.82, 2.24) is 10.3 Å². The van der Waals surface area contributed by atoms with Crippen LogP contribution in [0.5, 0.6) is 0 Å². The Hall–Kier alpha value is -1.09. The van der Waals surface area contributed by atoms with Crippen molar-refractivity contribution in [3.63, 3.8) is 0 Å². The predicted octanol–water partition coefficient (Wildman–Crippen LogP) is 2.61. The van der Waals surface area contributed by atoms with Gasteiger partial charge in [0.2, 0.25) is 0 Å². The van der Waals surface area contributed by atoms with E-state index in [1.807, 2.05) is 0 Å². The highest BCUT2D eigenvalue weighted by molar-refractivity contribution is 6.18. The van der Waals surface area contributed by atoms with Crippen LogP contribution in [0.25, 0.3) is 0 Å². The van der Waals surface area contributed by atoms with E-state index >= 15 is 0 Å². The molecule has 1 amide bonds. The molecule has 0 atom stereocenters. The molecule has 92 valence electrons. The molecule has 17 heavy (non-hydrogen) atoms. The number of rotatable bonds is 4.